The standard InChI is InChI=1S/C35H39Cl2N3O3S/c1-23-32(43-38)21-26-8-4-5-10-29(26)34(23)35(41)39(2)22-27(25-12-13-30(36)31(37)20-25)16-19-40-17-14-24(15-18-40)28-9-6-7-11-33(28)44(3)42/h4-13,20-21,24,27H,14-19,22,38H2,1-3H3/t27-,44+/m1/s1. The van der Waals surface area contributed by atoms with Crippen LogP contribution in [0.2, 0.25) is 10.0 Å². The second kappa shape index (κ2) is 14.5. The molecule has 9 heteroatoms. The summed E-state index contributed by atoms with van der Waals surface area (Å²) in [5.74, 6) is 6.42. The van der Waals surface area contributed by atoms with Crippen molar-refractivity contribution >= 4 is 51.1 Å². The third-order valence-electron chi connectivity index (χ3n) is 8.91. The Balaban J connectivity index is 1.32. The van der Waals surface area contributed by atoms with Crippen LogP contribution in [0.1, 0.15) is 58.1 Å². The summed E-state index contributed by atoms with van der Waals surface area (Å²) in [7, 11) is 1.84. The largest absolute Gasteiger partial charge is 0.612 e. The molecule has 0 spiro atoms. The predicted molar refractivity (Wildman–Crippen MR) is 181 cm³/mol. The second-order valence-electron chi connectivity index (χ2n) is 11.7. The summed E-state index contributed by atoms with van der Waals surface area (Å²) < 4.78 is 12.3. The van der Waals surface area contributed by atoms with Gasteiger partial charge in [0.2, 0.25) is 0 Å². The van der Waals surface area contributed by atoms with Gasteiger partial charge in [0.15, 0.2) is 10.6 Å². The van der Waals surface area contributed by atoms with Gasteiger partial charge in [-0.05, 0) is 104 Å². The van der Waals surface area contributed by atoms with Crippen LogP contribution >= 0.6 is 23.2 Å². The van der Waals surface area contributed by atoms with Crippen LogP contribution in [-0.4, -0.2) is 59.7 Å². The lowest BCUT2D eigenvalue weighted by atomic mass is 9.88. The first kappa shape index (κ1) is 32.6. The monoisotopic (exact) mass is 651 g/mol. The molecule has 1 aliphatic rings. The Bertz CT molecular complexity index is 1620. The molecule has 0 saturated carbocycles. The molecule has 0 unspecified atom stereocenters. The van der Waals surface area contributed by atoms with Gasteiger partial charge in [0.05, 0.1) is 15.6 Å². The van der Waals surface area contributed by atoms with Crippen LogP contribution in [0.25, 0.3) is 10.8 Å². The van der Waals surface area contributed by atoms with Gasteiger partial charge < -0.3 is 19.2 Å². The first-order valence-corrected chi connectivity index (χ1v) is 17.2. The van der Waals surface area contributed by atoms with Crippen molar-refractivity contribution in [1.82, 2.24) is 9.80 Å². The highest BCUT2D eigenvalue weighted by Gasteiger charge is 2.27. The molecule has 5 rings (SSSR count). The maximum absolute atomic E-state index is 14.0. The molecule has 0 radical (unpaired) electrons. The second-order valence-corrected chi connectivity index (χ2v) is 13.8. The van der Waals surface area contributed by atoms with Crippen LogP contribution in [-0.2, 0) is 11.2 Å². The summed E-state index contributed by atoms with van der Waals surface area (Å²) in [6.07, 6.45) is 4.65. The number of fused-ring (bicyclic) bond motifs is 1. The zero-order chi connectivity index (χ0) is 31.4. The average Bonchev–Trinajstić information content (AvgIpc) is 3.04. The lowest BCUT2D eigenvalue weighted by molar-refractivity contribution is 0.0782. The molecule has 6 nitrogen and oxygen atoms in total. The Morgan fingerprint density at radius 3 is 2.48 bits per heavy atom. The molecule has 4 aromatic carbocycles. The number of hydrogen-bond donors (Lipinski definition) is 1. The van der Waals surface area contributed by atoms with Crippen molar-refractivity contribution in [3.63, 3.8) is 0 Å². The zero-order valence-electron chi connectivity index (χ0n) is 25.4. The third-order valence-corrected chi connectivity index (χ3v) is 10.6. The van der Waals surface area contributed by atoms with Gasteiger partial charge >= 0.3 is 0 Å². The molecule has 1 fully saturated rings. The highest BCUT2D eigenvalue weighted by atomic mass is 35.5. The lowest BCUT2D eigenvalue weighted by Crippen LogP contribution is -2.36. The summed E-state index contributed by atoms with van der Waals surface area (Å²) in [4.78, 5) is 24.4. The predicted octanol–water partition coefficient (Wildman–Crippen LogP) is 7.57. The van der Waals surface area contributed by atoms with E-state index in [-0.39, 0.29) is 11.8 Å². The van der Waals surface area contributed by atoms with Gasteiger partial charge in [-0.15, -0.1) is 0 Å². The Labute approximate surface area is 273 Å². The summed E-state index contributed by atoms with van der Waals surface area (Å²) in [6, 6.07) is 23.5. The van der Waals surface area contributed by atoms with Gasteiger partial charge in [0.1, 0.15) is 6.26 Å². The number of halogens is 2. The number of piperidine rings is 1. The summed E-state index contributed by atoms with van der Waals surface area (Å²) >= 11 is 11.7. The molecule has 0 aliphatic carbocycles. The molecule has 4 aromatic rings. The van der Waals surface area contributed by atoms with E-state index in [1.54, 1.807) is 11.2 Å². The fourth-order valence-corrected chi connectivity index (χ4v) is 7.59. The van der Waals surface area contributed by atoms with Gasteiger partial charge in [-0.1, -0.05) is 71.7 Å². The first-order valence-electron chi connectivity index (χ1n) is 14.9. The van der Waals surface area contributed by atoms with Crippen molar-refractivity contribution in [3.8, 4) is 5.75 Å². The SMILES string of the molecule is Cc1c(ON)cc2ccccc2c1C(=O)N(C)C[C@@H](CCN1CCC(c2ccccc2[S@+](C)[O-])CC1)c1ccc(Cl)c(Cl)c1. The Morgan fingerprint density at radius 2 is 1.77 bits per heavy atom. The van der Waals surface area contributed by atoms with Crippen molar-refractivity contribution in [2.45, 2.75) is 42.9 Å². The van der Waals surface area contributed by atoms with Crippen molar-refractivity contribution in [3.05, 3.63) is 105 Å². The first-order chi connectivity index (χ1) is 21.2. The number of nitrogens with two attached hydrogens (primary N) is 1. The van der Waals surface area contributed by atoms with Crippen molar-refractivity contribution < 1.29 is 14.2 Å². The molecular weight excluding hydrogens is 613 g/mol. The minimum atomic E-state index is -1.000. The summed E-state index contributed by atoms with van der Waals surface area (Å²) in [5, 5.41) is 2.78. The van der Waals surface area contributed by atoms with Gasteiger partial charge in [-0.2, -0.15) is 5.90 Å². The average molecular weight is 653 g/mol. The van der Waals surface area contributed by atoms with E-state index in [4.69, 9.17) is 33.9 Å². The fourth-order valence-electron chi connectivity index (χ4n) is 6.44. The minimum Gasteiger partial charge on any atom is -0.612 e. The van der Waals surface area contributed by atoms with Crippen molar-refractivity contribution in [2.24, 2.45) is 5.90 Å². The van der Waals surface area contributed by atoms with E-state index < -0.39 is 11.2 Å². The normalized spacial score (nSPS) is 15.7. The molecule has 44 heavy (non-hydrogen) atoms. The van der Waals surface area contributed by atoms with E-state index in [1.165, 1.54) is 5.56 Å². The number of likely N-dealkylation sites (N-methyl/N-ethyl adjacent to an activating group) is 1. The number of carbonyl (C=O) groups excluding carboxylic acids is 1. The quantitative estimate of drug-likeness (QED) is 0.141. The molecule has 0 aromatic heterocycles. The van der Waals surface area contributed by atoms with E-state index in [2.05, 4.69) is 11.0 Å². The highest BCUT2D eigenvalue weighted by Crippen LogP contribution is 2.35. The number of nitrogens with zero attached hydrogens (tertiary/aromatic N) is 2. The number of amides is 1. The van der Waals surface area contributed by atoms with Crippen LogP contribution in [0.5, 0.6) is 5.75 Å². The number of rotatable bonds is 10. The van der Waals surface area contributed by atoms with E-state index in [1.807, 2.05) is 80.7 Å². The Kier molecular flexibility index (Phi) is 10.8. The molecule has 1 heterocycles. The summed E-state index contributed by atoms with van der Waals surface area (Å²) in [5.41, 5.74) is 3.57. The third kappa shape index (κ3) is 7.20. The van der Waals surface area contributed by atoms with Crippen molar-refractivity contribution in [1.29, 1.82) is 0 Å². The van der Waals surface area contributed by atoms with Crippen LogP contribution in [0.15, 0.2) is 77.7 Å². The van der Waals surface area contributed by atoms with Gasteiger partial charge in [-0.3, -0.25) is 4.79 Å². The summed E-state index contributed by atoms with van der Waals surface area (Å²) in [6.45, 7) is 5.20. The fraction of sp³-hybridized carbons (Fsp3) is 0.343. The molecule has 1 aliphatic heterocycles. The number of carbonyl (C=O) groups is 1. The van der Waals surface area contributed by atoms with Crippen LogP contribution in [0.4, 0.5) is 0 Å². The highest BCUT2D eigenvalue weighted by molar-refractivity contribution is 7.90. The molecule has 232 valence electrons. The van der Waals surface area contributed by atoms with E-state index in [9.17, 15) is 9.35 Å². The van der Waals surface area contributed by atoms with Crippen molar-refractivity contribution in [2.75, 3.05) is 39.5 Å². The number of hydrogen-bond acceptors (Lipinski definition) is 5. The van der Waals surface area contributed by atoms with E-state index in [0.717, 1.165) is 60.1 Å². The number of benzene rings is 4. The van der Waals surface area contributed by atoms with Gasteiger partial charge in [0, 0.05) is 30.6 Å². The Morgan fingerprint density at radius 1 is 1.07 bits per heavy atom. The van der Waals surface area contributed by atoms with E-state index >= 15 is 0 Å². The molecule has 0 bridgehead atoms. The van der Waals surface area contributed by atoms with Crippen LogP contribution < -0.4 is 10.7 Å². The molecule has 2 N–H and O–H groups in total. The zero-order valence-corrected chi connectivity index (χ0v) is 27.7. The number of likely N-dealkylation sites (tertiary alicyclic amines) is 1. The Hall–Kier alpha value is -2.78. The van der Waals surface area contributed by atoms with Gasteiger partial charge in [0.25, 0.3) is 5.91 Å². The molecule has 1 saturated heterocycles. The maximum Gasteiger partial charge on any atom is 0.254 e. The lowest BCUT2D eigenvalue weighted by Gasteiger charge is -2.34. The molecule has 1 amide bonds. The smallest absolute Gasteiger partial charge is 0.254 e. The maximum atomic E-state index is 14.0. The minimum absolute atomic E-state index is 0.0418. The van der Waals surface area contributed by atoms with Crippen LogP contribution in [0.3, 0.4) is 0 Å². The van der Waals surface area contributed by atoms with Gasteiger partial charge in [-0.25, -0.2) is 0 Å². The van der Waals surface area contributed by atoms with Crippen LogP contribution in [0, 0.1) is 6.92 Å². The molecular formula is C35H39Cl2N3O3S. The molecule has 2 atom stereocenters. The van der Waals surface area contributed by atoms with E-state index in [0.29, 0.717) is 39.4 Å². The topological polar surface area (TPSA) is 81.9 Å².